The molecule has 4 amide bonds. The van der Waals surface area contributed by atoms with Crippen LogP contribution in [0.5, 0.6) is 5.75 Å². The molecule has 0 aromatic heterocycles. The number of alkyl halides is 1. The fraction of sp³-hybridized carbons (Fsp3) is 0.717. The number of amides is 4. The third-order valence-electron chi connectivity index (χ3n) is 9.54. The fourth-order valence-corrected chi connectivity index (χ4v) is 6.29. The summed E-state index contributed by atoms with van der Waals surface area (Å²) in [4.78, 5) is 85.1. The van der Waals surface area contributed by atoms with Crippen molar-refractivity contribution in [3.05, 3.63) is 29.8 Å². The van der Waals surface area contributed by atoms with Crippen LogP contribution in [0.15, 0.2) is 24.3 Å². The molecule has 8 N–H and O–H groups in total. The van der Waals surface area contributed by atoms with E-state index < -0.39 is 22.0 Å². The van der Waals surface area contributed by atoms with Crippen molar-refractivity contribution < 1.29 is 81.3 Å². The van der Waals surface area contributed by atoms with Gasteiger partial charge in [-0.15, -0.1) is 0 Å². The molecule has 0 radical (unpaired) electrons. The predicted molar refractivity (Wildman–Crippen MR) is 263 cm³/mol. The standard InChI is InChI=1S/C46H77IN6O17/c1-35(54)40(52-30-41(57)45(47)53-46(61)39(48)29-36-9-11-37(55)12-10-36)8-5-3-4-7-38(56)31-68-26-23-64-19-14-50-42(58)32-67-17-6-16-63-18-13-49-43(59)33-69-27-24-65-20-15-51-44(60)34-70-28-25-66-22-21-62-2/h9-12,39-40,45,52,55H,3-8,13-34,48H2,1-2H3,(H,49,59)(H,50,58)(H,51,60)(H,53,61)/t39-,40-,45?/m0/s1. The van der Waals surface area contributed by atoms with E-state index in [-0.39, 0.29) is 120 Å². The zero-order valence-electron chi connectivity index (χ0n) is 40.8. The van der Waals surface area contributed by atoms with Crippen LogP contribution in [0.2, 0.25) is 0 Å². The molecule has 70 heavy (non-hydrogen) atoms. The van der Waals surface area contributed by atoms with Gasteiger partial charge in [-0.05, 0) is 50.3 Å². The van der Waals surface area contributed by atoms with Gasteiger partial charge in [-0.2, -0.15) is 0 Å². The normalized spacial score (nSPS) is 12.5. The van der Waals surface area contributed by atoms with E-state index in [4.69, 9.17) is 48.4 Å². The van der Waals surface area contributed by atoms with Crippen LogP contribution in [-0.4, -0.2) is 208 Å². The van der Waals surface area contributed by atoms with Gasteiger partial charge in [0, 0.05) is 46.4 Å². The van der Waals surface area contributed by atoms with E-state index >= 15 is 0 Å². The second-order valence-corrected chi connectivity index (χ2v) is 16.8. The number of aromatic hydroxyl groups is 1. The molecule has 0 spiro atoms. The minimum atomic E-state index is -0.883. The number of phenols is 1. The van der Waals surface area contributed by atoms with E-state index in [1.807, 2.05) is 22.6 Å². The third kappa shape index (κ3) is 38.0. The Bertz CT molecular complexity index is 1600. The van der Waals surface area contributed by atoms with Gasteiger partial charge in [0.2, 0.25) is 23.6 Å². The summed E-state index contributed by atoms with van der Waals surface area (Å²) in [5.74, 6) is -1.68. The lowest BCUT2D eigenvalue weighted by Gasteiger charge is -2.19. The quantitative estimate of drug-likeness (QED) is 0.0184. The highest BCUT2D eigenvalue weighted by molar-refractivity contribution is 14.1. The average molecular weight is 1110 g/mol. The highest BCUT2D eigenvalue weighted by Crippen LogP contribution is 2.12. The molecule has 400 valence electrons. The van der Waals surface area contributed by atoms with Crippen LogP contribution in [0, 0.1) is 0 Å². The molecule has 0 aliphatic rings. The molecule has 1 unspecified atom stereocenters. The van der Waals surface area contributed by atoms with Crippen molar-refractivity contribution >= 4 is 63.6 Å². The number of Topliss-reactive ketones (excluding diaryl/α,β-unsaturated/α-hetero) is 3. The molecule has 0 fully saturated rings. The van der Waals surface area contributed by atoms with E-state index in [9.17, 15) is 38.7 Å². The Morgan fingerprint density at radius 2 is 1.07 bits per heavy atom. The summed E-state index contributed by atoms with van der Waals surface area (Å²) in [5, 5.41) is 23.1. The van der Waals surface area contributed by atoms with Crippen LogP contribution in [0.25, 0.3) is 0 Å². The maximum Gasteiger partial charge on any atom is 0.246 e. The number of methoxy groups -OCH3 is 1. The second kappa shape index (κ2) is 43.9. The average Bonchev–Trinajstić information content (AvgIpc) is 3.33. The van der Waals surface area contributed by atoms with Crippen LogP contribution < -0.4 is 32.3 Å². The first-order valence-corrected chi connectivity index (χ1v) is 24.7. The third-order valence-corrected chi connectivity index (χ3v) is 10.5. The summed E-state index contributed by atoms with van der Waals surface area (Å²) in [6.45, 7) is 6.14. The number of unbranched alkanes of at least 4 members (excludes halogenated alkanes) is 2. The number of carbonyl (C=O) groups is 7. The summed E-state index contributed by atoms with van der Waals surface area (Å²) < 4.78 is 46.8. The van der Waals surface area contributed by atoms with Gasteiger partial charge in [0.25, 0.3) is 0 Å². The highest BCUT2D eigenvalue weighted by Gasteiger charge is 2.23. The first-order chi connectivity index (χ1) is 33.8. The molecule has 3 atom stereocenters. The van der Waals surface area contributed by atoms with Crippen LogP contribution in [0.4, 0.5) is 0 Å². The number of hydrogen-bond acceptors (Lipinski definition) is 19. The lowest BCUT2D eigenvalue weighted by molar-refractivity contribution is -0.127. The van der Waals surface area contributed by atoms with Crippen LogP contribution in [0.1, 0.15) is 51.0 Å². The van der Waals surface area contributed by atoms with Gasteiger partial charge in [-0.25, -0.2) is 0 Å². The lowest BCUT2D eigenvalue weighted by atomic mass is 10.0. The van der Waals surface area contributed by atoms with Gasteiger partial charge >= 0.3 is 0 Å². The molecule has 0 heterocycles. The van der Waals surface area contributed by atoms with Crippen LogP contribution in [0.3, 0.4) is 0 Å². The monoisotopic (exact) mass is 1110 g/mol. The zero-order chi connectivity index (χ0) is 51.5. The van der Waals surface area contributed by atoms with Crippen molar-refractivity contribution in [2.75, 3.05) is 146 Å². The molecule has 0 aliphatic carbocycles. The van der Waals surface area contributed by atoms with Gasteiger partial charge in [0.05, 0.1) is 91.3 Å². The smallest absolute Gasteiger partial charge is 0.246 e. The van der Waals surface area contributed by atoms with Crippen molar-refractivity contribution in [3.63, 3.8) is 0 Å². The number of hydrogen-bond donors (Lipinski definition) is 7. The second-order valence-electron chi connectivity index (χ2n) is 15.6. The topological polar surface area (TPSA) is 309 Å². The fourth-order valence-electron chi connectivity index (χ4n) is 5.76. The van der Waals surface area contributed by atoms with Gasteiger partial charge in [0.15, 0.2) is 11.6 Å². The molecule has 0 bridgehead atoms. The number of phenolic OH excluding ortho intramolecular Hbond substituents is 1. The van der Waals surface area contributed by atoms with Crippen LogP contribution in [-0.2, 0) is 82.6 Å². The summed E-state index contributed by atoms with van der Waals surface area (Å²) in [6, 6.07) is 4.92. The molecule has 0 aliphatic heterocycles. The van der Waals surface area contributed by atoms with E-state index in [0.29, 0.717) is 104 Å². The number of ether oxygens (including phenoxy) is 9. The SMILES string of the molecule is COCCOCCOCC(=O)NCCOCCOCC(=O)NCCOCCCOCC(=O)NCCOCCOCC(=O)CCCCC[C@H](NCC(=O)C(I)NC(=O)[C@@H](N)Cc1ccc(O)cc1)C(C)=O. The Hall–Kier alpha value is -3.80. The van der Waals surface area contributed by atoms with Gasteiger partial charge in [-0.3, -0.25) is 33.6 Å². The Labute approximate surface area is 424 Å². The number of halogens is 1. The Kier molecular flexibility index (Phi) is 40.3. The number of ketones is 3. The summed E-state index contributed by atoms with van der Waals surface area (Å²) in [5.41, 5.74) is 6.76. The molecule has 1 aromatic carbocycles. The molecule has 24 heteroatoms. The maximum atomic E-state index is 12.7. The Morgan fingerprint density at radius 1 is 0.600 bits per heavy atom. The van der Waals surface area contributed by atoms with Crippen LogP contribution >= 0.6 is 22.6 Å². The van der Waals surface area contributed by atoms with Crippen molar-refractivity contribution in [2.45, 2.75) is 68.0 Å². The first kappa shape index (κ1) is 64.2. The minimum absolute atomic E-state index is 0.0414. The molecular weight excluding hydrogens is 1040 g/mol. The van der Waals surface area contributed by atoms with Gasteiger partial charge < -0.3 is 80.1 Å². The van der Waals surface area contributed by atoms with Crippen molar-refractivity contribution in [1.82, 2.24) is 26.6 Å². The largest absolute Gasteiger partial charge is 0.508 e. The van der Waals surface area contributed by atoms with Gasteiger partial charge in [0.1, 0.15) is 42.0 Å². The maximum absolute atomic E-state index is 12.7. The molecular formula is C46H77IN6O17. The van der Waals surface area contributed by atoms with Crippen molar-refractivity contribution in [3.8, 4) is 5.75 Å². The van der Waals surface area contributed by atoms with E-state index in [1.165, 1.54) is 19.1 Å². The minimum Gasteiger partial charge on any atom is -0.508 e. The zero-order valence-corrected chi connectivity index (χ0v) is 42.9. The molecule has 1 rings (SSSR count). The van der Waals surface area contributed by atoms with Gasteiger partial charge in [-0.1, -0.05) is 47.6 Å². The summed E-state index contributed by atoms with van der Waals surface area (Å²) >= 11 is 1.82. The number of carbonyl (C=O) groups excluding carboxylic acids is 7. The number of nitrogens with two attached hydrogens (primary N) is 1. The van der Waals surface area contributed by atoms with E-state index in [0.717, 1.165) is 5.56 Å². The number of rotatable bonds is 48. The molecule has 0 saturated heterocycles. The number of nitrogens with one attached hydrogen (secondary N) is 5. The van der Waals surface area contributed by atoms with Crippen molar-refractivity contribution in [2.24, 2.45) is 5.73 Å². The summed E-state index contributed by atoms with van der Waals surface area (Å²) in [7, 11) is 1.59. The first-order valence-electron chi connectivity index (χ1n) is 23.5. The van der Waals surface area contributed by atoms with Crippen molar-refractivity contribution in [1.29, 1.82) is 0 Å². The summed E-state index contributed by atoms with van der Waals surface area (Å²) in [6.07, 6.45) is 3.63. The lowest BCUT2D eigenvalue weighted by Crippen LogP contribution is -2.49. The van der Waals surface area contributed by atoms with E-state index in [2.05, 4.69) is 26.6 Å². The highest BCUT2D eigenvalue weighted by atomic mass is 127. The number of benzene rings is 1. The predicted octanol–water partition coefficient (Wildman–Crippen LogP) is -0.707. The van der Waals surface area contributed by atoms with E-state index in [1.54, 1.807) is 19.2 Å². The Morgan fingerprint density at radius 3 is 1.61 bits per heavy atom. The Balaban J connectivity index is 1.91. The molecule has 1 aromatic rings. The molecule has 0 saturated carbocycles. The molecule has 23 nitrogen and oxygen atoms in total.